The summed E-state index contributed by atoms with van der Waals surface area (Å²) in [4.78, 5) is 14.2. The number of hydrogen-bond donors (Lipinski definition) is 4. The Labute approximate surface area is 218 Å². The molecule has 0 aromatic heterocycles. The van der Waals surface area contributed by atoms with E-state index in [4.69, 9.17) is 9.84 Å². The smallest absolute Gasteiger partial charge is 0.227 e. The average molecular weight is 524 g/mol. The summed E-state index contributed by atoms with van der Waals surface area (Å²) in [6.45, 7) is 5.21. The first-order valence-electron chi connectivity index (χ1n) is 14.0. The van der Waals surface area contributed by atoms with Crippen LogP contribution in [0.2, 0.25) is 0 Å². The average Bonchev–Trinajstić information content (AvgIpc) is 2.83. The van der Waals surface area contributed by atoms with Gasteiger partial charge in [-0.3, -0.25) is 4.79 Å². The quantitative estimate of drug-likeness (QED) is 0.280. The number of amides is 1. The zero-order chi connectivity index (χ0) is 26.3. The van der Waals surface area contributed by atoms with Gasteiger partial charge in [0, 0.05) is 43.2 Å². The van der Waals surface area contributed by atoms with E-state index in [1.807, 2.05) is 0 Å². The van der Waals surface area contributed by atoms with Crippen LogP contribution in [0.5, 0.6) is 5.75 Å². The molecule has 37 heavy (non-hydrogen) atoms. The number of ether oxygens (including phenoxy) is 1. The normalized spacial score (nSPS) is 20.5. The molecule has 0 radical (unpaired) electrons. The molecule has 1 atom stereocenters. The van der Waals surface area contributed by atoms with E-state index in [0.717, 1.165) is 45.4 Å². The van der Waals surface area contributed by atoms with Crippen molar-refractivity contribution in [1.29, 1.82) is 0 Å². The number of nitrogens with one attached hydrogen (secondary N) is 2. The maximum atomic E-state index is 14.6. The van der Waals surface area contributed by atoms with Gasteiger partial charge in [-0.1, -0.05) is 0 Å². The van der Waals surface area contributed by atoms with Gasteiger partial charge < -0.3 is 30.5 Å². The van der Waals surface area contributed by atoms with E-state index in [1.54, 1.807) is 4.90 Å². The summed E-state index contributed by atoms with van der Waals surface area (Å²) in [5, 5.41) is 24.9. The fourth-order valence-corrected chi connectivity index (χ4v) is 6.10. The highest BCUT2D eigenvalue weighted by Gasteiger charge is 2.43. The second-order valence-corrected chi connectivity index (χ2v) is 11.4. The summed E-state index contributed by atoms with van der Waals surface area (Å²) in [6, 6.07) is 2.40. The van der Waals surface area contributed by atoms with Gasteiger partial charge in [-0.15, -0.1) is 0 Å². The van der Waals surface area contributed by atoms with E-state index < -0.39 is 17.7 Å². The summed E-state index contributed by atoms with van der Waals surface area (Å²) >= 11 is 0. The lowest BCUT2D eigenvalue weighted by atomic mass is 9.57. The van der Waals surface area contributed by atoms with Crippen LogP contribution < -0.4 is 15.4 Å². The summed E-state index contributed by atoms with van der Waals surface area (Å²) < 4.78 is 34.9. The molecular formula is C28H43F2N3O4. The molecule has 1 amide bonds. The highest BCUT2D eigenvalue weighted by atomic mass is 19.1. The first kappa shape index (κ1) is 28.2. The molecule has 4 N–H and O–H groups in total. The highest BCUT2D eigenvalue weighted by Crippen LogP contribution is 2.52. The van der Waals surface area contributed by atoms with Gasteiger partial charge in [0.2, 0.25) is 5.91 Å². The molecule has 1 aliphatic carbocycles. The summed E-state index contributed by atoms with van der Waals surface area (Å²) in [6.07, 6.45) is 7.24. The zero-order valence-electron chi connectivity index (χ0n) is 21.8. The van der Waals surface area contributed by atoms with Crippen LogP contribution in [-0.2, 0) is 11.2 Å². The van der Waals surface area contributed by atoms with Crippen LogP contribution in [-0.4, -0.2) is 79.6 Å². The minimum absolute atomic E-state index is 0.183. The number of rotatable bonds is 14. The molecule has 0 unspecified atom stereocenters. The number of carbonyl (C=O) groups is 1. The van der Waals surface area contributed by atoms with E-state index in [2.05, 4.69) is 10.6 Å². The predicted molar refractivity (Wildman–Crippen MR) is 137 cm³/mol. The Morgan fingerprint density at radius 2 is 1.86 bits per heavy atom. The van der Waals surface area contributed by atoms with Crippen molar-refractivity contribution in [3.05, 3.63) is 29.3 Å². The molecule has 9 heteroatoms. The van der Waals surface area contributed by atoms with Crippen molar-refractivity contribution >= 4 is 5.91 Å². The molecule has 2 saturated heterocycles. The Kier molecular flexibility index (Phi) is 10.1. The van der Waals surface area contributed by atoms with Gasteiger partial charge in [0.25, 0.3) is 0 Å². The molecule has 1 aromatic carbocycles. The number of hydrogen-bond acceptors (Lipinski definition) is 6. The monoisotopic (exact) mass is 523 g/mol. The summed E-state index contributed by atoms with van der Waals surface area (Å²) in [5.74, 6) is -0.582. The van der Waals surface area contributed by atoms with E-state index in [0.29, 0.717) is 43.4 Å². The SMILES string of the molecule is O=C(Cc1c(F)cc(OCCC2CC3(CCNCC3)C2)cc1F)N1CC(CNCCCC[C@H](O)CO)C1. The topological polar surface area (TPSA) is 94.1 Å². The van der Waals surface area contributed by atoms with E-state index in [-0.39, 0.29) is 30.2 Å². The van der Waals surface area contributed by atoms with Crippen LogP contribution in [0.3, 0.4) is 0 Å². The molecular weight excluding hydrogens is 480 g/mol. The second-order valence-electron chi connectivity index (χ2n) is 11.4. The Bertz CT molecular complexity index is 859. The molecule has 2 aliphatic heterocycles. The van der Waals surface area contributed by atoms with Gasteiger partial charge in [0.05, 0.1) is 25.7 Å². The van der Waals surface area contributed by atoms with E-state index >= 15 is 0 Å². The highest BCUT2D eigenvalue weighted by molar-refractivity contribution is 5.79. The zero-order valence-corrected chi connectivity index (χ0v) is 21.8. The van der Waals surface area contributed by atoms with Crippen molar-refractivity contribution in [1.82, 2.24) is 15.5 Å². The maximum absolute atomic E-state index is 14.6. The number of unbranched alkanes of at least 4 members (excludes halogenated alkanes) is 1. The number of halogens is 2. The van der Waals surface area contributed by atoms with Gasteiger partial charge in [0.15, 0.2) is 0 Å². The summed E-state index contributed by atoms with van der Waals surface area (Å²) in [7, 11) is 0. The Morgan fingerprint density at radius 1 is 1.16 bits per heavy atom. The number of carbonyl (C=O) groups excluding carboxylic acids is 1. The molecule has 1 spiro atoms. The molecule has 1 aromatic rings. The number of nitrogens with zero attached hydrogens (tertiary/aromatic N) is 1. The Morgan fingerprint density at radius 3 is 2.54 bits per heavy atom. The van der Waals surface area contributed by atoms with Crippen LogP contribution in [0.4, 0.5) is 8.78 Å². The van der Waals surface area contributed by atoms with Crippen LogP contribution in [0.1, 0.15) is 56.9 Å². The number of likely N-dealkylation sites (tertiary alicyclic amines) is 1. The third-order valence-corrected chi connectivity index (χ3v) is 8.44. The summed E-state index contributed by atoms with van der Waals surface area (Å²) in [5.41, 5.74) is 0.317. The van der Waals surface area contributed by atoms with Crippen LogP contribution in [0.15, 0.2) is 12.1 Å². The predicted octanol–water partition coefficient (Wildman–Crippen LogP) is 2.63. The number of aliphatic hydroxyl groups is 2. The van der Waals surface area contributed by atoms with Gasteiger partial charge >= 0.3 is 0 Å². The van der Waals surface area contributed by atoms with Gasteiger partial charge in [-0.25, -0.2) is 8.78 Å². The second kappa shape index (κ2) is 13.3. The van der Waals surface area contributed by atoms with Gasteiger partial charge in [-0.05, 0) is 82.3 Å². The minimum Gasteiger partial charge on any atom is -0.493 e. The fourth-order valence-electron chi connectivity index (χ4n) is 6.10. The Balaban J connectivity index is 1.11. The number of benzene rings is 1. The Hall–Kier alpha value is -1.81. The molecule has 7 nitrogen and oxygen atoms in total. The largest absolute Gasteiger partial charge is 0.493 e. The van der Waals surface area contributed by atoms with Crippen LogP contribution in [0.25, 0.3) is 0 Å². The molecule has 3 fully saturated rings. The standard InChI is InChI=1S/C28H43F2N3O4/c29-25-11-23(37-10-4-20-14-28(15-20)5-8-31-9-6-28)12-26(30)24(25)13-27(36)33-17-21(18-33)16-32-7-2-1-3-22(35)19-34/h11-12,20-22,31-32,34-35H,1-10,13-19H2/t22-/m0/s1. The lowest BCUT2D eigenvalue weighted by molar-refractivity contribution is -0.136. The molecule has 3 aliphatic rings. The third-order valence-electron chi connectivity index (χ3n) is 8.44. The van der Waals surface area contributed by atoms with Gasteiger partial charge in [-0.2, -0.15) is 0 Å². The van der Waals surface area contributed by atoms with Crippen molar-refractivity contribution in [2.24, 2.45) is 17.3 Å². The van der Waals surface area contributed by atoms with E-state index in [9.17, 15) is 18.7 Å². The first-order valence-corrected chi connectivity index (χ1v) is 14.0. The van der Waals surface area contributed by atoms with Crippen LogP contribution in [0, 0.1) is 28.9 Å². The van der Waals surface area contributed by atoms with Crippen molar-refractivity contribution < 1.29 is 28.5 Å². The minimum atomic E-state index is -0.731. The van der Waals surface area contributed by atoms with Crippen molar-refractivity contribution in [2.45, 2.75) is 63.9 Å². The fraction of sp³-hybridized carbons (Fsp3) is 0.750. The molecule has 1 saturated carbocycles. The molecule has 0 bridgehead atoms. The molecule has 2 heterocycles. The maximum Gasteiger partial charge on any atom is 0.227 e. The molecule has 4 rings (SSSR count). The first-order chi connectivity index (χ1) is 17.9. The number of piperidine rings is 1. The van der Waals surface area contributed by atoms with Crippen molar-refractivity contribution in [3.8, 4) is 5.75 Å². The number of aliphatic hydroxyl groups excluding tert-OH is 2. The van der Waals surface area contributed by atoms with Crippen LogP contribution >= 0.6 is 0 Å². The van der Waals surface area contributed by atoms with E-state index in [1.165, 1.54) is 37.8 Å². The van der Waals surface area contributed by atoms with Crippen molar-refractivity contribution in [2.75, 3.05) is 52.5 Å². The van der Waals surface area contributed by atoms with Gasteiger partial charge in [0.1, 0.15) is 17.4 Å². The van der Waals surface area contributed by atoms with Crippen molar-refractivity contribution in [3.63, 3.8) is 0 Å². The lowest BCUT2D eigenvalue weighted by Crippen LogP contribution is -2.53. The lowest BCUT2D eigenvalue weighted by Gasteiger charge is -2.50. The third kappa shape index (κ3) is 7.85. The molecule has 208 valence electrons.